The third kappa shape index (κ3) is 3.48. The van der Waals surface area contributed by atoms with Crippen molar-refractivity contribution in [2.45, 2.75) is 12.1 Å². The largest absolute Gasteiger partial charge is 0.418 e. The minimum absolute atomic E-state index is 0.0407. The molecule has 1 heterocycles. The van der Waals surface area contributed by atoms with E-state index < -0.39 is 35.2 Å². The minimum Gasteiger partial charge on any atom is -0.394 e. The Hall–Kier alpha value is -3.00. The fraction of sp³-hybridized carbons (Fsp3) is 0.211. The monoisotopic (exact) mass is 376 g/mol. The molecule has 0 spiro atoms. The quantitative estimate of drug-likeness (QED) is 0.659. The number of hydrogen-bond donors (Lipinski definition) is 1. The zero-order valence-corrected chi connectivity index (χ0v) is 14.0. The van der Waals surface area contributed by atoms with Crippen LogP contribution in [-0.4, -0.2) is 36.3 Å². The van der Waals surface area contributed by atoms with Gasteiger partial charge in [-0.2, -0.15) is 13.2 Å². The highest BCUT2D eigenvalue weighted by atomic mass is 19.4. The van der Waals surface area contributed by atoms with Gasteiger partial charge in [0.15, 0.2) is 0 Å². The Morgan fingerprint density at radius 2 is 1.74 bits per heavy atom. The number of aliphatic hydroxyl groups is 1. The standard InChI is InChI=1S/C19H15F3N2O3/c20-19(21,22)15-7-3-4-8-16(15)24-17(26)13-6-2-1-5-12(13)14(18(24)27)11-23-9-10-25/h1-8,11,14,25H,9-10H2/t14-/m0/s1. The summed E-state index contributed by atoms with van der Waals surface area (Å²) >= 11 is 0. The van der Waals surface area contributed by atoms with Crippen molar-refractivity contribution in [3.63, 3.8) is 0 Å². The van der Waals surface area contributed by atoms with E-state index in [2.05, 4.69) is 4.99 Å². The summed E-state index contributed by atoms with van der Waals surface area (Å²) < 4.78 is 40.2. The van der Waals surface area contributed by atoms with Crippen molar-refractivity contribution in [1.82, 2.24) is 0 Å². The van der Waals surface area contributed by atoms with Crippen molar-refractivity contribution in [3.8, 4) is 0 Å². The number of carbonyl (C=O) groups excluding carboxylic acids is 2. The number of amides is 2. The fourth-order valence-corrected chi connectivity index (χ4v) is 2.97. The number of aliphatic imine (C=N–C) groups is 1. The number of alkyl halides is 3. The smallest absolute Gasteiger partial charge is 0.394 e. The Labute approximate surface area is 152 Å². The summed E-state index contributed by atoms with van der Waals surface area (Å²) in [5.74, 6) is -2.66. The van der Waals surface area contributed by atoms with Crippen LogP contribution >= 0.6 is 0 Å². The van der Waals surface area contributed by atoms with E-state index >= 15 is 0 Å². The summed E-state index contributed by atoms with van der Waals surface area (Å²) in [6, 6.07) is 10.7. The molecule has 140 valence electrons. The van der Waals surface area contributed by atoms with E-state index in [0.717, 1.165) is 12.1 Å². The van der Waals surface area contributed by atoms with Gasteiger partial charge in [0, 0.05) is 11.8 Å². The lowest BCUT2D eigenvalue weighted by Crippen LogP contribution is -2.46. The molecule has 0 fully saturated rings. The predicted octanol–water partition coefficient (Wildman–Crippen LogP) is 3.04. The van der Waals surface area contributed by atoms with E-state index in [1.54, 1.807) is 18.2 Å². The van der Waals surface area contributed by atoms with Crippen molar-refractivity contribution in [2.75, 3.05) is 18.1 Å². The molecule has 0 aromatic heterocycles. The first-order chi connectivity index (χ1) is 12.9. The molecule has 0 radical (unpaired) electrons. The van der Waals surface area contributed by atoms with Gasteiger partial charge in [-0.15, -0.1) is 0 Å². The summed E-state index contributed by atoms with van der Waals surface area (Å²) in [4.78, 5) is 30.3. The minimum atomic E-state index is -4.73. The van der Waals surface area contributed by atoms with Crippen LogP contribution in [0.3, 0.4) is 0 Å². The molecule has 0 unspecified atom stereocenters. The van der Waals surface area contributed by atoms with Crippen molar-refractivity contribution >= 4 is 23.7 Å². The molecule has 0 bridgehead atoms. The molecule has 0 saturated carbocycles. The zero-order valence-electron chi connectivity index (χ0n) is 14.0. The molecule has 1 aliphatic heterocycles. The molecule has 1 atom stereocenters. The third-order valence-electron chi connectivity index (χ3n) is 4.15. The molecule has 3 rings (SSSR count). The number of benzene rings is 2. The molecular weight excluding hydrogens is 361 g/mol. The van der Waals surface area contributed by atoms with E-state index in [9.17, 15) is 22.8 Å². The highest BCUT2D eigenvalue weighted by Crippen LogP contribution is 2.40. The molecule has 2 aromatic rings. The van der Waals surface area contributed by atoms with Gasteiger partial charge in [-0.05, 0) is 23.8 Å². The number of carbonyl (C=O) groups is 2. The van der Waals surface area contributed by atoms with Crippen LogP contribution in [0.4, 0.5) is 18.9 Å². The Morgan fingerprint density at radius 1 is 1.07 bits per heavy atom. The maximum atomic E-state index is 13.4. The number of anilines is 1. The predicted molar refractivity (Wildman–Crippen MR) is 92.9 cm³/mol. The van der Waals surface area contributed by atoms with E-state index in [4.69, 9.17) is 5.11 Å². The summed E-state index contributed by atoms with van der Waals surface area (Å²) in [5, 5.41) is 8.87. The Bertz CT molecular complexity index is 909. The molecule has 8 heteroatoms. The highest BCUT2D eigenvalue weighted by Gasteiger charge is 2.43. The third-order valence-corrected chi connectivity index (χ3v) is 4.15. The van der Waals surface area contributed by atoms with Gasteiger partial charge >= 0.3 is 6.18 Å². The molecule has 27 heavy (non-hydrogen) atoms. The maximum absolute atomic E-state index is 13.4. The van der Waals surface area contributed by atoms with Gasteiger partial charge in [-0.3, -0.25) is 14.6 Å². The zero-order chi connectivity index (χ0) is 19.6. The second-order valence-electron chi connectivity index (χ2n) is 5.84. The number of hydrogen-bond acceptors (Lipinski definition) is 4. The van der Waals surface area contributed by atoms with Crippen molar-refractivity contribution in [2.24, 2.45) is 4.99 Å². The first kappa shape index (κ1) is 18.8. The summed E-state index contributed by atoms with van der Waals surface area (Å²) in [6.07, 6.45) is -3.47. The van der Waals surface area contributed by atoms with Crippen LogP contribution in [0.25, 0.3) is 0 Å². The number of fused-ring (bicyclic) bond motifs is 1. The van der Waals surface area contributed by atoms with Crippen LogP contribution in [0.2, 0.25) is 0 Å². The molecule has 0 aliphatic carbocycles. The first-order valence-electron chi connectivity index (χ1n) is 8.10. The fourth-order valence-electron chi connectivity index (χ4n) is 2.97. The average molecular weight is 376 g/mol. The molecule has 2 aromatic carbocycles. The lowest BCUT2D eigenvalue weighted by molar-refractivity contribution is -0.137. The Kier molecular flexibility index (Phi) is 5.09. The highest BCUT2D eigenvalue weighted by molar-refractivity contribution is 6.29. The molecular formula is C19H15F3N2O3. The van der Waals surface area contributed by atoms with Gasteiger partial charge in [-0.1, -0.05) is 30.3 Å². The molecule has 1 N–H and O–H groups in total. The number of nitrogens with zero attached hydrogens (tertiary/aromatic N) is 2. The Balaban J connectivity index is 2.16. The van der Waals surface area contributed by atoms with Crippen LogP contribution < -0.4 is 4.90 Å². The van der Waals surface area contributed by atoms with E-state index in [-0.39, 0.29) is 18.7 Å². The SMILES string of the molecule is O=C1c2ccccc2[C@H](C=NCCO)C(=O)N1c1ccccc1C(F)(F)F. The van der Waals surface area contributed by atoms with Crippen LogP contribution in [0, 0.1) is 0 Å². The van der Waals surface area contributed by atoms with Gasteiger partial charge in [0.2, 0.25) is 5.91 Å². The van der Waals surface area contributed by atoms with Gasteiger partial charge in [0.1, 0.15) is 0 Å². The topological polar surface area (TPSA) is 70.0 Å². The number of halogens is 3. The Morgan fingerprint density at radius 3 is 2.44 bits per heavy atom. The second kappa shape index (κ2) is 7.32. The molecule has 1 aliphatic rings. The maximum Gasteiger partial charge on any atom is 0.418 e. The van der Waals surface area contributed by atoms with E-state index in [0.29, 0.717) is 10.5 Å². The summed E-state index contributed by atoms with van der Waals surface area (Å²) in [5.41, 5.74) is -1.09. The lowest BCUT2D eigenvalue weighted by atomic mass is 9.88. The second-order valence-corrected chi connectivity index (χ2v) is 5.84. The van der Waals surface area contributed by atoms with Crippen LogP contribution in [0.5, 0.6) is 0 Å². The first-order valence-corrected chi connectivity index (χ1v) is 8.10. The number of aliphatic hydroxyl groups excluding tert-OH is 1. The molecule has 5 nitrogen and oxygen atoms in total. The molecule has 2 amide bonds. The normalized spacial score (nSPS) is 17.5. The average Bonchev–Trinajstić information content (AvgIpc) is 2.64. The lowest BCUT2D eigenvalue weighted by Gasteiger charge is -2.32. The number of rotatable bonds is 4. The van der Waals surface area contributed by atoms with Crippen LogP contribution in [0.15, 0.2) is 53.5 Å². The summed E-state index contributed by atoms with van der Waals surface area (Å²) in [6.45, 7) is -0.197. The summed E-state index contributed by atoms with van der Waals surface area (Å²) in [7, 11) is 0. The van der Waals surface area contributed by atoms with Gasteiger partial charge in [0.25, 0.3) is 5.91 Å². The van der Waals surface area contributed by atoms with Gasteiger partial charge < -0.3 is 5.11 Å². The van der Waals surface area contributed by atoms with Crippen molar-refractivity contribution < 1.29 is 27.9 Å². The van der Waals surface area contributed by atoms with Crippen molar-refractivity contribution in [1.29, 1.82) is 0 Å². The molecule has 0 saturated heterocycles. The van der Waals surface area contributed by atoms with Crippen LogP contribution in [-0.2, 0) is 11.0 Å². The van der Waals surface area contributed by atoms with E-state index in [1.165, 1.54) is 24.4 Å². The van der Waals surface area contributed by atoms with Gasteiger partial charge in [-0.25, -0.2) is 4.90 Å². The van der Waals surface area contributed by atoms with Crippen molar-refractivity contribution in [3.05, 3.63) is 65.2 Å². The van der Waals surface area contributed by atoms with E-state index in [1.807, 2.05) is 0 Å². The number of imide groups is 1. The van der Waals surface area contributed by atoms with Gasteiger partial charge in [0.05, 0.1) is 30.3 Å². The number of para-hydroxylation sites is 1. The van der Waals surface area contributed by atoms with Crippen LogP contribution in [0.1, 0.15) is 27.4 Å².